The monoisotopic (exact) mass is 502 g/mol. The van der Waals surface area contributed by atoms with Crippen LogP contribution < -0.4 is 4.31 Å². The first-order valence-corrected chi connectivity index (χ1v) is 11.5. The highest BCUT2D eigenvalue weighted by Gasteiger charge is 2.26. The summed E-state index contributed by atoms with van der Waals surface area (Å²) in [7, 11) is -3.72. The highest BCUT2D eigenvalue weighted by molar-refractivity contribution is 9.10. The maximum atomic E-state index is 14.4. The van der Waals surface area contributed by atoms with Crippen LogP contribution in [0.15, 0.2) is 47.2 Å². The maximum Gasteiger partial charge on any atom is 0.235 e. The SMILES string of the molecule is CC(C)CS(=O)(=O)N(Cc1cnc(Br)c2c(F)c(F)ccc12)c1cccc(Cl)c1. The molecule has 3 aromatic rings. The molecular weight excluding hydrogens is 486 g/mol. The molecule has 0 saturated carbocycles. The third-order valence-corrected chi connectivity index (χ3v) is 7.21. The Hall–Kier alpha value is -1.77. The van der Waals surface area contributed by atoms with Crippen molar-refractivity contribution < 1.29 is 17.2 Å². The van der Waals surface area contributed by atoms with E-state index in [4.69, 9.17) is 11.6 Å². The van der Waals surface area contributed by atoms with Crippen molar-refractivity contribution in [2.24, 2.45) is 5.92 Å². The largest absolute Gasteiger partial charge is 0.266 e. The molecule has 3 rings (SSSR count). The van der Waals surface area contributed by atoms with Gasteiger partial charge in [0.2, 0.25) is 10.0 Å². The van der Waals surface area contributed by atoms with Crippen LogP contribution >= 0.6 is 27.5 Å². The van der Waals surface area contributed by atoms with E-state index in [1.165, 1.54) is 16.6 Å². The third-order valence-electron chi connectivity index (χ3n) is 4.27. The molecule has 0 radical (unpaired) electrons. The summed E-state index contributed by atoms with van der Waals surface area (Å²) in [6, 6.07) is 8.92. The summed E-state index contributed by atoms with van der Waals surface area (Å²) in [5.41, 5.74) is 0.825. The molecule has 0 N–H and O–H groups in total. The molecule has 29 heavy (non-hydrogen) atoms. The number of rotatable bonds is 6. The highest BCUT2D eigenvalue weighted by Crippen LogP contribution is 2.32. The molecule has 0 aliphatic carbocycles. The summed E-state index contributed by atoms with van der Waals surface area (Å²) in [6.07, 6.45) is 1.45. The van der Waals surface area contributed by atoms with Crippen molar-refractivity contribution >= 4 is 54.0 Å². The molecule has 154 valence electrons. The molecule has 0 fully saturated rings. The van der Waals surface area contributed by atoms with Gasteiger partial charge in [0.05, 0.1) is 23.4 Å². The van der Waals surface area contributed by atoms with Crippen LogP contribution in [0.2, 0.25) is 5.02 Å². The van der Waals surface area contributed by atoms with Crippen molar-refractivity contribution in [1.82, 2.24) is 4.98 Å². The number of hydrogen-bond donors (Lipinski definition) is 0. The second-order valence-electron chi connectivity index (χ2n) is 7.02. The zero-order chi connectivity index (χ0) is 21.3. The average Bonchev–Trinajstić information content (AvgIpc) is 2.62. The smallest absolute Gasteiger partial charge is 0.235 e. The van der Waals surface area contributed by atoms with Gasteiger partial charge in [0.15, 0.2) is 11.6 Å². The fourth-order valence-electron chi connectivity index (χ4n) is 3.06. The topological polar surface area (TPSA) is 50.3 Å². The summed E-state index contributed by atoms with van der Waals surface area (Å²) in [4.78, 5) is 4.08. The zero-order valence-corrected chi connectivity index (χ0v) is 18.8. The van der Waals surface area contributed by atoms with Crippen molar-refractivity contribution in [2.75, 3.05) is 10.1 Å². The van der Waals surface area contributed by atoms with E-state index in [0.29, 0.717) is 21.7 Å². The second-order valence-corrected chi connectivity index (χ2v) is 10.1. The Labute approximate surface area is 181 Å². The minimum Gasteiger partial charge on any atom is -0.266 e. The number of halogens is 4. The Kier molecular flexibility index (Phi) is 6.45. The van der Waals surface area contributed by atoms with Crippen LogP contribution in [0.1, 0.15) is 19.4 Å². The summed E-state index contributed by atoms with van der Waals surface area (Å²) in [5, 5.41) is 0.728. The number of hydrogen-bond acceptors (Lipinski definition) is 3. The van der Waals surface area contributed by atoms with Gasteiger partial charge in [0, 0.05) is 11.2 Å². The van der Waals surface area contributed by atoms with Gasteiger partial charge < -0.3 is 0 Å². The number of anilines is 1. The van der Waals surface area contributed by atoms with Gasteiger partial charge in [-0.25, -0.2) is 22.2 Å². The van der Waals surface area contributed by atoms with E-state index in [2.05, 4.69) is 20.9 Å². The lowest BCUT2D eigenvalue weighted by molar-refractivity contribution is 0.516. The Morgan fingerprint density at radius 3 is 2.59 bits per heavy atom. The molecule has 0 saturated heterocycles. The quantitative estimate of drug-likeness (QED) is 0.392. The van der Waals surface area contributed by atoms with Crippen molar-refractivity contribution in [1.29, 1.82) is 0 Å². The summed E-state index contributed by atoms with van der Waals surface area (Å²) >= 11 is 9.21. The number of nitrogens with zero attached hydrogens (tertiary/aromatic N) is 2. The normalized spacial score (nSPS) is 12.0. The molecule has 0 unspecified atom stereocenters. The lowest BCUT2D eigenvalue weighted by Crippen LogP contribution is -2.34. The van der Waals surface area contributed by atoms with Crippen LogP contribution in [-0.4, -0.2) is 19.2 Å². The molecule has 0 bridgehead atoms. The Balaban J connectivity index is 2.17. The fourth-order valence-corrected chi connectivity index (χ4v) is 5.53. The van der Waals surface area contributed by atoms with E-state index in [1.807, 2.05) is 13.8 Å². The number of benzene rings is 2. The first-order valence-electron chi connectivity index (χ1n) is 8.77. The van der Waals surface area contributed by atoms with Gasteiger partial charge in [-0.15, -0.1) is 0 Å². The molecule has 4 nitrogen and oxygen atoms in total. The summed E-state index contributed by atoms with van der Waals surface area (Å²) in [6.45, 7) is 3.52. The average molecular weight is 504 g/mol. The van der Waals surface area contributed by atoms with Crippen LogP contribution in [0.3, 0.4) is 0 Å². The second kappa shape index (κ2) is 8.53. The van der Waals surface area contributed by atoms with Gasteiger partial charge in [-0.3, -0.25) is 4.31 Å². The third kappa shape index (κ3) is 4.70. The molecule has 1 heterocycles. The molecule has 0 spiro atoms. The maximum absolute atomic E-state index is 14.4. The van der Waals surface area contributed by atoms with Crippen LogP contribution in [0.5, 0.6) is 0 Å². The van der Waals surface area contributed by atoms with E-state index in [-0.39, 0.29) is 28.2 Å². The van der Waals surface area contributed by atoms with E-state index in [1.54, 1.807) is 24.3 Å². The number of sulfonamides is 1. The van der Waals surface area contributed by atoms with Crippen molar-refractivity contribution in [2.45, 2.75) is 20.4 Å². The standard InChI is InChI=1S/C20H18BrClF2N2O2S/c1-12(2)11-29(27,28)26(15-5-3-4-14(22)8-15)10-13-9-25-20(21)18-16(13)6-7-17(23)19(18)24/h3-9,12H,10-11H2,1-2H3. The molecule has 1 aromatic heterocycles. The molecular formula is C20H18BrClF2N2O2S. The lowest BCUT2D eigenvalue weighted by atomic mass is 10.1. The first kappa shape index (κ1) is 21.9. The van der Waals surface area contributed by atoms with Crippen molar-refractivity contribution in [3.8, 4) is 0 Å². The summed E-state index contributed by atoms with van der Waals surface area (Å²) in [5.74, 6) is -2.22. The van der Waals surface area contributed by atoms with Crippen LogP contribution in [-0.2, 0) is 16.6 Å². The Morgan fingerprint density at radius 1 is 1.21 bits per heavy atom. The van der Waals surface area contributed by atoms with E-state index >= 15 is 0 Å². The number of aromatic nitrogens is 1. The minimum absolute atomic E-state index is 0.0326. The first-order chi connectivity index (χ1) is 13.6. The molecule has 2 aromatic carbocycles. The number of fused-ring (bicyclic) bond motifs is 1. The van der Waals surface area contributed by atoms with Crippen molar-refractivity contribution in [3.05, 3.63) is 69.4 Å². The predicted molar refractivity (Wildman–Crippen MR) is 116 cm³/mol. The van der Waals surface area contributed by atoms with Gasteiger partial charge in [-0.1, -0.05) is 37.6 Å². The summed E-state index contributed by atoms with van der Waals surface area (Å²) < 4.78 is 55.7. The molecule has 0 aliphatic heterocycles. The Morgan fingerprint density at radius 2 is 1.93 bits per heavy atom. The lowest BCUT2D eigenvalue weighted by Gasteiger charge is -2.26. The number of pyridine rings is 1. The van der Waals surface area contributed by atoms with E-state index in [9.17, 15) is 17.2 Å². The van der Waals surface area contributed by atoms with Crippen LogP contribution in [0.25, 0.3) is 10.8 Å². The van der Waals surface area contributed by atoms with Gasteiger partial charge in [-0.05, 0) is 57.1 Å². The van der Waals surface area contributed by atoms with Crippen molar-refractivity contribution in [3.63, 3.8) is 0 Å². The molecule has 0 atom stereocenters. The van der Waals surface area contributed by atoms with E-state index in [0.717, 1.165) is 6.07 Å². The zero-order valence-electron chi connectivity index (χ0n) is 15.7. The van der Waals surface area contributed by atoms with E-state index < -0.39 is 21.7 Å². The predicted octanol–water partition coefficient (Wildman–Crippen LogP) is 5.92. The van der Waals surface area contributed by atoms with Gasteiger partial charge in [0.1, 0.15) is 4.60 Å². The highest BCUT2D eigenvalue weighted by atomic mass is 79.9. The molecule has 9 heteroatoms. The Bertz CT molecular complexity index is 1170. The van der Waals surface area contributed by atoms with Gasteiger partial charge in [-0.2, -0.15) is 0 Å². The molecule has 0 aliphatic rings. The van der Waals surface area contributed by atoms with Gasteiger partial charge in [0.25, 0.3) is 0 Å². The molecule has 0 amide bonds. The van der Waals surface area contributed by atoms with Gasteiger partial charge >= 0.3 is 0 Å². The van der Waals surface area contributed by atoms with Crippen LogP contribution in [0, 0.1) is 17.6 Å². The van der Waals surface area contributed by atoms with Crippen LogP contribution in [0.4, 0.5) is 14.5 Å². The fraction of sp³-hybridized carbons (Fsp3) is 0.250. The minimum atomic E-state index is -3.72.